The predicted molar refractivity (Wildman–Crippen MR) is 118 cm³/mol. The van der Waals surface area contributed by atoms with Crippen LogP contribution in [0.1, 0.15) is 18.7 Å². The lowest BCUT2D eigenvalue weighted by molar-refractivity contribution is -0.114. The average Bonchev–Trinajstić information content (AvgIpc) is 3.11. The highest BCUT2D eigenvalue weighted by molar-refractivity contribution is 7.18. The Hall–Kier alpha value is -3.05. The van der Waals surface area contributed by atoms with Gasteiger partial charge in [-0.1, -0.05) is 0 Å². The van der Waals surface area contributed by atoms with Crippen molar-refractivity contribution in [1.29, 1.82) is 0 Å². The Kier molecular flexibility index (Phi) is 5.88. The minimum atomic E-state index is -0.611. The number of carbonyl (C=O) groups is 1. The van der Waals surface area contributed by atoms with Crippen molar-refractivity contribution >= 4 is 39.0 Å². The number of aromatic nitrogens is 3. The Balaban J connectivity index is 1.43. The van der Waals surface area contributed by atoms with Crippen molar-refractivity contribution in [1.82, 2.24) is 19.4 Å². The largest absolute Gasteiger partial charge is 0.365 e. The first kappa shape index (κ1) is 21.2. The van der Waals surface area contributed by atoms with E-state index >= 15 is 0 Å². The number of piperazine rings is 1. The number of thiophene rings is 1. The van der Waals surface area contributed by atoms with Crippen LogP contribution in [0.15, 0.2) is 27.8 Å². The highest BCUT2D eigenvalue weighted by Gasteiger charge is 2.21. The molecule has 1 aliphatic rings. The first-order valence-electron chi connectivity index (χ1n) is 10.0. The number of H-pyrrole nitrogens is 1. The minimum absolute atomic E-state index is 0.192. The highest BCUT2D eigenvalue weighted by atomic mass is 32.1. The highest BCUT2D eigenvalue weighted by Crippen LogP contribution is 2.24. The van der Waals surface area contributed by atoms with Crippen LogP contribution in [0.4, 0.5) is 15.9 Å². The number of halogens is 1. The van der Waals surface area contributed by atoms with Crippen LogP contribution in [0, 0.1) is 5.95 Å². The summed E-state index contributed by atoms with van der Waals surface area (Å²) in [6, 6.07) is 5.08. The molecule has 11 heteroatoms. The molecule has 31 heavy (non-hydrogen) atoms. The van der Waals surface area contributed by atoms with E-state index in [0.717, 1.165) is 18.0 Å². The van der Waals surface area contributed by atoms with Crippen LogP contribution in [0.2, 0.25) is 0 Å². The van der Waals surface area contributed by atoms with E-state index in [2.05, 4.69) is 20.2 Å². The minimum Gasteiger partial charge on any atom is -0.365 e. The Labute approximate surface area is 181 Å². The fourth-order valence-corrected chi connectivity index (χ4v) is 4.84. The molecule has 3 aromatic heterocycles. The van der Waals surface area contributed by atoms with Crippen LogP contribution in [-0.4, -0.2) is 51.5 Å². The molecule has 164 valence electrons. The molecule has 2 N–H and O–H groups in total. The summed E-state index contributed by atoms with van der Waals surface area (Å²) >= 11 is 1.40. The number of nitrogens with one attached hydrogen (secondary N) is 2. The van der Waals surface area contributed by atoms with Crippen molar-refractivity contribution in [3.8, 4) is 0 Å². The summed E-state index contributed by atoms with van der Waals surface area (Å²) < 4.78 is 16.2. The number of hydrogen-bond acceptors (Lipinski definition) is 7. The molecule has 0 atom stereocenters. The van der Waals surface area contributed by atoms with Crippen LogP contribution in [0.3, 0.4) is 0 Å². The maximum atomic E-state index is 14.4. The van der Waals surface area contributed by atoms with E-state index in [4.69, 9.17) is 0 Å². The lowest BCUT2D eigenvalue weighted by atomic mass is 10.2. The van der Waals surface area contributed by atoms with Gasteiger partial charge in [-0.05, 0) is 25.1 Å². The lowest BCUT2D eigenvalue weighted by Crippen LogP contribution is -2.46. The number of rotatable bonds is 5. The molecule has 3 aromatic rings. The van der Waals surface area contributed by atoms with Crippen molar-refractivity contribution in [3.63, 3.8) is 0 Å². The molecular weight excluding hydrogens is 423 g/mol. The summed E-state index contributed by atoms with van der Waals surface area (Å²) in [4.78, 5) is 47.3. The van der Waals surface area contributed by atoms with Crippen molar-refractivity contribution in [2.24, 2.45) is 0 Å². The van der Waals surface area contributed by atoms with Crippen molar-refractivity contribution < 1.29 is 9.18 Å². The summed E-state index contributed by atoms with van der Waals surface area (Å²) in [7, 11) is 0. The molecule has 1 fully saturated rings. The maximum absolute atomic E-state index is 14.4. The summed E-state index contributed by atoms with van der Waals surface area (Å²) in [6.45, 7) is 6.79. The predicted octanol–water partition coefficient (Wildman–Crippen LogP) is 1.59. The summed E-state index contributed by atoms with van der Waals surface area (Å²) in [5.74, 6) is -0.718. The second-order valence-electron chi connectivity index (χ2n) is 7.39. The van der Waals surface area contributed by atoms with Crippen molar-refractivity contribution in [2.75, 3.05) is 36.4 Å². The van der Waals surface area contributed by atoms with Gasteiger partial charge in [-0.15, -0.1) is 11.3 Å². The summed E-state index contributed by atoms with van der Waals surface area (Å²) in [6.07, 6.45) is 0. The van der Waals surface area contributed by atoms with E-state index in [1.165, 1.54) is 22.8 Å². The molecule has 1 amide bonds. The van der Waals surface area contributed by atoms with E-state index in [9.17, 15) is 18.8 Å². The monoisotopic (exact) mass is 446 g/mol. The molecule has 4 heterocycles. The number of pyridine rings is 1. The normalized spacial score (nSPS) is 14.9. The summed E-state index contributed by atoms with van der Waals surface area (Å²) in [5.41, 5.74) is 0.338. The van der Waals surface area contributed by atoms with E-state index in [1.54, 1.807) is 19.1 Å². The third-order valence-electron chi connectivity index (χ3n) is 5.25. The molecule has 0 saturated carbocycles. The van der Waals surface area contributed by atoms with Gasteiger partial charge in [-0.3, -0.25) is 19.1 Å². The van der Waals surface area contributed by atoms with Crippen LogP contribution >= 0.6 is 11.3 Å². The standard InChI is InChI=1S/C20H23FN6O3S/c1-3-27-19(29)17-14(23-20(27)30)10-13(31-17)11-25-6-8-26(9-7-25)15-4-5-16(22-12(2)28)24-18(15)21/h4-5,10H,3,6-9,11H2,1-2H3,(H,23,30)(H,22,24,28). The molecule has 0 aromatic carbocycles. The Morgan fingerprint density at radius 1 is 1.26 bits per heavy atom. The maximum Gasteiger partial charge on any atom is 0.328 e. The van der Waals surface area contributed by atoms with Gasteiger partial charge in [0, 0.05) is 51.1 Å². The number of fused-ring (bicyclic) bond motifs is 1. The number of carbonyl (C=O) groups excluding carboxylic acids is 1. The SMILES string of the molecule is CCn1c(=O)[nH]c2cc(CN3CCN(c4ccc(NC(C)=O)nc4F)CC3)sc2c1=O. The number of nitrogens with zero attached hydrogens (tertiary/aromatic N) is 4. The van der Waals surface area contributed by atoms with Gasteiger partial charge in [0.25, 0.3) is 5.56 Å². The lowest BCUT2D eigenvalue weighted by Gasteiger charge is -2.35. The quantitative estimate of drug-likeness (QED) is 0.577. The molecule has 0 bridgehead atoms. The second-order valence-corrected chi connectivity index (χ2v) is 8.52. The number of hydrogen-bond donors (Lipinski definition) is 2. The van der Waals surface area contributed by atoms with E-state index in [-0.39, 0.29) is 17.3 Å². The molecule has 1 saturated heterocycles. The Morgan fingerprint density at radius 2 is 2.00 bits per heavy atom. The zero-order chi connectivity index (χ0) is 22.1. The van der Waals surface area contributed by atoms with E-state index in [1.807, 2.05) is 11.0 Å². The van der Waals surface area contributed by atoms with Gasteiger partial charge in [0.2, 0.25) is 11.9 Å². The fourth-order valence-electron chi connectivity index (χ4n) is 3.74. The average molecular weight is 447 g/mol. The van der Waals surface area contributed by atoms with Crippen molar-refractivity contribution in [3.05, 3.63) is 49.9 Å². The third-order valence-corrected chi connectivity index (χ3v) is 6.36. The molecule has 4 rings (SSSR count). The van der Waals surface area contributed by atoms with Gasteiger partial charge in [-0.25, -0.2) is 9.78 Å². The van der Waals surface area contributed by atoms with Gasteiger partial charge >= 0.3 is 5.69 Å². The topological polar surface area (TPSA) is 103 Å². The van der Waals surface area contributed by atoms with Gasteiger partial charge in [0.1, 0.15) is 10.5 Å². The zero-order valence-corrected chi connectivity index (χ0v) is 18.1. The van der Waals surface area contributed by atoms with E-state index < -0.39 is 11.6 Å². The molecular formula is C20H23FN6O3S. The van der Waals surface area contributed by atoms with Crippen LogP contribution in [0.25, 0.3) is 10.2 Å². The van der Waals surface area contributed by atoms with Crippen LogP contribution < -0.4 is 21.5 Å². The van der Waals surface area contributed by atoms with E-state index in [0.29, 0.717) is 42.1 Å². The number of amides is 1. The number of aromatic amines is 1. The molecule has 0 unspecified atom stereocenters. The Morgan fingerprint density at radius 3 is 2.65 bits per heavy atom. The summed E-state index contributed by atoms with van der Waals surface area (Å²) in [5, 5.41) is 2.47. The molecule has 0 spiro atoms. The molecule has 0 aliphatic carbocycles. The van der Waals surface area contributed by atoms with Gasteiger partial charge in [0.15, 0.2) is 0 Å². The van der Waals surface area contributed by atoms with Gasteiger partial charge < -0.3 is 15.2 Å². The first-order valence-corrected chi connectivity index (χ1v) is 10.8. The fraction of sp³-hybridized carbons (Fsp3) is 0.400. The number of anilines is 2. The second kappa shape index (κ2) is 8.60. The van der Waals surface area contributed by atoms with Gasteiger partial charge in [-0.2, -0.15) is 4.39 Å². The third kappa shape index (κ3) is 4.37. The molecule has 0 radical (unpaired) electrons. The molecule has 1 aliphatic heterocycles. The first-order chi connectivity index (χ1) is 14.9. The zero-order valence-electron chi connectivity index (χ0n) is 17.3. The van der Waals surface area contributed by atoms with Crippen LogP contribution in [-0.2, 0) is 17.9 Å². The van der Waals surface area contributed by atoms with Crippen LogP contribution in [0.5, 0.6) is 0 Å². The Bertz CT molecular complexity index is 1240. The van der Waals surface area contributed by atoms with Gasteiger partial charge in [0.05, 0.1) is 11.2 Å². The molecule has 9 nitrogen and oxygen atoms in total. The smallest absolute Gasteiger partial charge is 0.328 e. The van der Waals surface area contributed by atoms with Crippen molar-refractivity contribution in [2.45, 2.75) is 26.9 Å².